The molecule has 0 saturated carbocycles. The summed E-state index contributed by atoms with van der Waals surface area (Å²) in [6.07, 6.45) is 1.68. The second-order valence-electron chi connectivity index (χ2n) is 4.46. The van der Waals surface area contributed by atoms with E-state index in [9.17, 15) is 9.18 Å². The smallest absolute Gasteiger partial charge is 0.224 e. The molecular formula is C10H13ClFN3O. The minimum absolute atomic E-state index is 0.0629. The number of hydrogen-bond acceptors (Lipinski definition) is 4. The second kappa shape index (κ2) is 4.74. The molecule has 0 aromatic carbocycles. The Kier molecular flexibility index (Phi) is 3.80. The molecule has 88 valence electrons. The average Bonchev–Trinajstić information content (AvgIpc) is 2.17. The fourth-order valence-corrected chi connectivity index (χ4v) is 1.18. The van der Waals surface area contributed by atoms with Gasteiger partial charge in [0.25, 0.3) is 0 Å². The summed E-state index contributed by atoms with van der Waals surface area (Å²) in [6, 6.07) is -0.548. The predicted molar refractivity (Wildman–Crippen MR) is 59.9 cm³/mol. The maximum Gasteiger partial charge on any atom is 0.224 e. The number of nitrogens with one attached hydrogen (secondary N) is 1. The summed E-state index contributed by atoms with van der Waals surface area (Å²) >= 11 is 5.54. The van der Waals surface area contributed by atoms with Crippen LogP contribution in [0.1, 0.15) is 20.8 Å². The summed E-state index contributed by atoms with van der Waals surface area (Å²) in [5.41, 5.74) is -0.342. The minimum atomic E-state index is -0.638. The molecule has 1 atom stereocenters. The number of aldehydes is 1. The fraction of sp³-hybridized carbons (Fsp3) is 0.500. The fourth-order valence-electron chi connectivity index (χ4n) is 1.05. The van der Waals surface area contributed by atoms with Crippen molar-refractivity contribution in [3.63, 3.8) is 0 Å². The molecule has 1 N–H and O–H groups in total. The molecule has 1 unspecified atom stereocenters. The molecular weight excluding hydrogens is 233 g/mol. The third-order valence-corrected chi connectivity index (χ3v) is 2.26. The van der Waals surface area contributed by atoms with Gasteiger partial charge in [-0.1, -0.05) is 20.8 Å². The van der Waals surface area contributed by atoms with Crippen LogP contribution < -0.4 is 5.32 Å². The van der Waals surface area contributed by atoms with E-state index in [4.69, 9.17) is 11.6 Å². The first-order chi connectivity index (χ1) is 7.34. The summed E-state index contributed by atoms with van der Waals surface area (Å²) in [7, 11) is 0. The van der Waals surface area contributed by atoms with Gasteiger partial charge in [-0.05, 0) is 17.0 Å². The van der Waals surface area contributed by atoms with Crippen molar-refractivity contribution in [2.75, 3.05) is 5.32 Å². The Balaban J connectivity index is 2.94. The van der Waals surface area contributed by atoms with Gasteiger partial charge in [0, 0.05) is 0 Å². The lowest BCUT2D eigenvalue weighted by Crippen LogP contribution is -2.36. The standard InChI is InChI=1S/C10H13ClFN3O/c1-10(2,3)7(5-16)14-8-6(12)4-13-9(11)15-8/h4-5,7H,1-3H3,(H,13,14,15). The van der Waals surface area contributed by atoms with Gasteiger partial charge < -0.3 is 10.1 Å². The highest BCUT2D eigenvalue weighted by atomic mass is 35.5. The van der Waals surface area contributed by atoms with Crippen molar-refractivity contribution in [2.45, 2.75) is 26.8 Å². The van der Waals surface area contributed by atoms with Crippen LogP contribution in [0.2, 0.25) is 5.28 Å². The number of anilines is 1. The van der Waals surface area contributed by atoms with Gasteiger partial charge >= 0.3 is 0 Å². The van der Waals surface area contributed by atoms with Crippen molar-refractivity contribution in [3.05, 3.63) is 17.3 Å². The van der Waals surface area contributed by atoms with E-state index in [0.29, 0.717) is 0 Å². The van der Waals surface area contributed by atoms with Crippen LogP contribution in [-0.4, -0.2) is 22.3 Å². The molecule has 0 bridgehead atoms. The van der Waals surface area contributed by atoms with E-state index in [-0.39, 0.29) is 16.5 Å². The van der Waals surface area contributed by atoms with Gasteiger partial charge in [0.05, 0.1) is 12.2 Å². The van der Waals surface area contributed by atoms with Crippen LogP contribution in [0.5, 0.6) is 0 Å². The van der Waals surface area contributed by atoms with Gasteiger partial charge in [0.15, 0.2) is 11.6 Å². The number of halogens is 2. The third-order valence-electron chi connectivity index (χ3n) is 2.08. The highest BCUT2D eigenvalue weighted by Gasteiger charge is 2.25. The predicted octanol–water partition coefficient (Wildman–Crippen LogP) is 2.29. The zero-order chi connectivity index (χ0) is 12.3. The lowest BCUT2D eigenvalue weighted by atomic mass is 9.88. The molecule has 0 saturated heterocycles. The Bertz CT molecular complexity index is 392. The van der Waals surface area contributed by atoms with E-state index >= 15 is 0 Å². The molecule has 6 heteroatoms. The Hall–Kier alpha value is -1.23. The first-order valence-electron chi connectivity index (χ1n) is 4.74. The number of hydrogen-bond donors (Lipinski definition) is 1. The van der Waals surface area contributed by atoms with Crippen LogP contribution in [-0.2, 0) is 4.79 Å². The minimum Gasteiger partial charge on any atom is -0.357 e. The zero-order valence-corrected chi connectivity index (χ0v) is 10.0. The van der Waals surface area contributed by atoms with Crippen LogP contribution in [0.4, 0.5) is 10.2 Å². The lowest BCUT2D eigenvalue weighted by molar-refractivity contribution is -0.110. The Morgan fingerprint density at radius 2 is 2.19 bits per heavy atom. The number of carbonyl (C=O) groups excluding carboxylic acids is 1. The number of carbonyl (C=O) groups is 1. The SMILES string of the molecule is CC(C)(C)C(C=O)Nc1nc(Cl)ncc1F. The molecule has 1 aromatic rings. The summed E-state index contributed by atoms with van der Waals surface area (Å²) in [6.45, 7) is 5.58. The quantitative estimate of drug-likeness (QED) is 0.656. The van der Waals surface area contributed by atoms with Crippen molar-refractivity contribution in [1.29, 1.82) is 0 Å². The van der Waals surface area contributed by atoms with Crippen LogP contribution in [0, 0.1) is 11.2 Å². The molecule has 16 heavy (non-hydrogen) atoms. The molecule has 4 nitrogen and oxygen atoms in total. The molecule has 0 amide bonds. The highest BCUT2D eigenvalue weighted by Crippen LogP contribution is 2.22. The highest BCUT2D eigenvalue weighted by molar-refractivity contribution is 6.28. The summed E-state index contributed by atoms with van der Waals surface area (Å²) in [4.78, 5) is 18.1. The van der Waals surface area contributed by atoms with Crippen LogP contribution in [0.25, 0.3) is 0 Å². The van der Waals surface area contributed by atoms with E-state index < -0.39 is 11.9 Å². The summed E-state index contributed by atoms with van der Waals surface area (Å²) in [5.74, 6) is -0.701. The molecule has 0 fully saturated rings. The maximum atomic E-state index is 13.3. The number of nitrogens with zero attached hydrogens (tertiary/aromatic N) is 2. The van der Waals surface area contributed by atoms with Crippen molar-refractivity contribution in [1.82, 2.24) is 9.97 Å². The number of aromatic nitrogens is 2. The van der Waals surface area contributed by atoms with E-state index in [0.717, 1.165) is 12.5 Å². The van der Waals surface area contributed by atoms with Gasteiger partial charge in [0.2, 0.25) is 5.28 Å². The summed E-state index contributed by atoms with van der Waals surface area (Å²) in [5, 5.41) is 2.63. The Labute approximate surface area is 98.2 Å². The van der Waals surface area contributed by atoms with Gasteiger partial charge in [-0.2, -0.15) is 4.98 Å². The number of rotatable bonds is 3. The molecule has 0 spiro atoms. The second-order valence-corrected chi connectivity index (χ2v) is 4.80. The van der Waals surface area contributed by atoms with Crippen molar-refractivity contribution in [2.24, 2.45) is 5.41 Å². The maximum absolute atomic E-state index is 13.3. The first-order valence-corrected chi connectivity index (χ1v) is 5.12. The molecule has 0 aliphatic heterocycles. The van der Waals surface area contributed by atoms with Gasteiger partial charge in [-0.15, -0.1) is 0 Å². The normalized spacial score (nSPS) is 13.3. The van der Waals surface area contributed by atoms with Gasteiger partial charge in [-0.3, -0.25) is 0 Å². The van der Waals surface area contributed by atoms with Crippen LogP contribution in [0.3, 0.4) is 0 Å². The van der Waals surface area contributed by atoms with E-state index in [1.54, 1.807) is 0 Å². The van der Waals surface area contributed by atoms with Gasteiger partial charge in [0.1, 0.15) is 6.29 Å². The van der Waals surface area contributed by atoms with Crippen molar-refractivity contribution < 1.29 is 9.18 Å². The molecule has 1 rings (SSSR count). The zero-order valence-electron chi connectivity index (χ0n) is 9.29. The Morgan fingerprint density at radius 1 is 1.56 bits per heavy atom. The molecule has 0 radical (unpaired) electrons. The lowest BCUT2D eigenvalue weighted by Gasteiger charge is -2.27. The van der Waals surface area contributed by atoms with Crippen molar-refractivity contribution in [3.8, 4) is 0 Å². The van der Waals surface area contributed by atoms with Crippen LogP contribution >= 0.6 is 11.6 Å². The van der Waals surface area contributed by atoms with Crippen molar-refractivity contribution >= 4 is 23.7 Å². The summed E-state index contributed by atoms with van der Waals surface area (Å²) < 4.78 is 13.3. The first kappa shape index (κ1) is 12.8. The molecule has 0 aliphatic carbocycles. The monoisotopic (exact) mass is 245 g/mol. The molecule has 0 aliphatic rings. The Morgan fingerprint density at radius 3 is 2.69 bits per heavy atom. The molecule has 1 aromatic heterocycles. The molecule has 1 heterocycles. The largest absolute Gasteiger partial charge is 0.357 e. The van der Waals surface area contributed by atoms with E-state index in [1.807, 2.05) is 20.8 Å². The topological polar surface area (TPSA) is 54.9 Å². The third kappa shape index (κ3) is 3.13. The van der Waals surface area contributed by atoms with E-state index in [1.165, 1.54) is 0 Å². The van der Waals surface area contributed by atoms with E-state index in [2.05, 4.69) is 15.3 Å². The van der Waals surface area contributed by atoms with Crippen LogP contribution in [0.15, 0.2) is 6.20 Å². The average molecular weight is 246 g/mol. The van der Waals surface area contributed by atoms with Gasteiger partial charge in [-0.25, -0.2) is 9.37 Å².